The second kappa shape index (κ2) is 22.7. The lowest BCUT2D eigenvalue weighted by Crippen LogP contribution is -2.66. The molecule has 13 aromatic rings. The summed E-state index contributed by atoms with van der Waals surface area (Å²) in [6, 6.07) is 68.1. The highest BCUT2D eigenvalue weighted by molar-refractivity contribution is 7.34. The lowest BCUT2D eigenvalue weighted by Gasteiger charge is -2.48. The average molecular weight is 1420 g/mol. The third-order valence-corrected chi connectivity index (χ3v) is 26.4. The Balaban J connectivity index is 0.968. The molecule has 6 aliphatic rings. The van der Waals surface area contributed by atoms with Gasteiger partial charge in [-0.2, -0.15) is 0 Å². The van der Waals surface area contributed by atoms with Crippen LogP contribution in [0.15, 0.2) is 170 Å². The molecule has 0 atom stereocenters. The second-order valence-electron chi connectivity index (χ2n) is 36.0. The number of fused-ring (bicyclic) bond motifs is 16. The molecular formula is C95H91B3N4O2S2. The molecule has 11 aromatic carbocycles. The maximum Gasteiger partial charge on any atom is 0.268 e. The van der Waals surface area contributed by atoms with Gasteiger partial charge in [-0.15, -0.1) is 22.7 Å². The number of nitrogens with zero attached hydrogens (tertiary/aromatic N) is 4. The van der Waals surface area contributed by atoms with Crippen LogP contribution in [-0.4, -0.2) is 20.1 Å². The van der Waals surface area contributed by atoms with E-state index in [9.17, 15) is 0 Å². The quantitative estimate of drug-likeness (QED) is 0.163. The van der Waals surface area contributed by atoms with Gasteiger partial charge < -0.3 is 29.1 Å². The van der Waals surface area contributed by atoms with Crippen molar-refractivity contribution in [2.75, 3.05) is 19.6 Å². The van der Waals surface area contributed by atoms with Crippen LogP contribution in [0.2, 0.25) is 0 Å². The minimum absolute atomic E-state index is 0.0401. The van der Waals surface area contributed by atoms with Gasteiger partial charge in [0, 0.05) is 86.6 Å². The van der Waals surface area contributed by atoms with E-state index < -0.39 is 0 Å². The number of benzene rings is 11. The van der Waals surface area contributed by atoms with Crippen LogP contribution in [0.25, 0.3) is 20.2 Å². The number of rotatable bonds is 4. The molecule has 11 heteroatoms. The van der Waals surface area contributed by atoms with Crippen LogP contribution >= 0.6 is 22.7 Å². The van der Waals surface area contributed by atoms with Crippen molar-refractivity contribution in [1.29, 1.82) is 0 Å². The normalized spacial score (nSPS) is 14.5. The molecule has 524 valence electrons. The zero-order valence-electron chi connectivity index (χ0n) is 65.3. The first-order valence-corrected chi connectivity index (χ1v) is 39.7. The molecule has 0 unspecified atom stereocenters. The van der Waals surface area contributed by atoms with Gasteiger partial charge in [-0.1, -0.05) is 167 Å². The molecule has 8 heterocycles. The molecule has 6 nitrogen and oxygen atoms in total. The Labute approximate surface area is 635 Å². The van der Waals surface area contributed by atoms with Crippen molar-refractivity contribution in [1.82, 2.24) is 0 Å². The Kier molecular flexibility index (Phi) is 14.3. The van der Waals surface area contributed by atoms with Gasteiger partial charge in [0.15, 0.2) is 0 Å². The number of aryl methyl sites for hydroxylation is 9. The Hall–Kier alpha value is -9.67. The summed E-state index contributed by atoms with van der Waals surface area (Å²) in [7, 11) is 0. The summed E-state index contributed by atoms with van der Waals surface area (Å²) in [6.07, 6.45) is 0. The molecule has 19 rings (SSSR count). The Bertz CT molecular complexity index is 6000. The minimum atomic E-state index is -0.251. The zero-order valence-corrected chi connectivity index (χ0v) is 67.0. The molecule has 0 bridgehead atoms. The number of ether oxygens (including phenoxy) is 2. The Morgan fingerprint density at radius 2 is 0.585 bits per heavy atom. The molecule has 0 saturated heterocycles. The van der Waals surface area contributed by atoms with Crippen LogP contribution in [-0.2, 0) is 21.7 Å². The van der Waals surface area contributed by atoms with Crippen molar-refractivity contribution >= 4 is 179 Å². The fourth-order valence-electron chi connectivity index (χ4n) is 19.1. The van der Waals surface area contributed by atoms with Gasteiger partial charge in [0.1, 0.15) is 23.0 Å². The topological polar surface area (TPSA) is 31.4 Å². The summed E-state index contributed by atoms with van der Waals surface area (Å²) in [5, 5.41) is 2.37. The number of thiophene rings is 2. The molecule has 0 N–H and O–H groups in total. The van der Waals surface area contributed by atoms with Gasteiger partial charge in [-0.25, -0.2) is 0 Å². The van der Waals surface area contributed by atoms with Gasteiger partial charge in [-0.3, -0.25) is 0 Å². The standard InChI is InChI=1S/C95H91B3N4O2S2/c1-50-34-55(6)86(56(7)35-50)101-73-49-72-69(97-84-77(100(72)64-30-24-60(25-31-64)93(13,14)15)40-53(4)42-79(84)103-88-65-44-61(94(16,17)18)26-32-81(65)105-90(88)97)47-68(73)96-67-46-70-74(48-71(67)99(75-38-52(3)39-76(101)83(75)96)63-28-22-59(23-29-63)92(10,11)12)102(87-57(8)36-51(2)37-58(87)9)78-41-54(5)43-80-85(78)98(70)91-89(104-80)66-45-62(95(19,20)21)27-33-82(66)106-91/h22-49H,1-21H3. The molecule has 0 spiro atoms. The summed E-state index contributed by atoms with van der Waals surface area (Å²) in [5.41, 5.74) is 38.9. The smallest absolute Gasteiger partial charge is 0.268 e. The maximum absolute atomic E-state index is 7.58. The fourth-order valence-corrected chi connectivity index (χ4v) is 21.5. The van der Waals surface area contributed by atoms with Crippen molar-refractivity contribution in [3.63, 3.8) is 0 Å². The first-order chi connectivity index (χ1) is 50.2. The molecule has 0 saturated carbocycles. The Morgan fingerprint density at radius 3 is 0.953 bits per heavy atom. The maximum atomic E-state index is 7.58. The van der Waals surface area contributed by atoms with E-state index in [1.807, 2.05) is 22.7 Å². The highest BCUT2D eigenvalue weighted by Gasteiger charge is 2.52. The predicted octanol–water partition coefficient (Wildman–Crippen LogP) is 21.0. The van der Waals surface area contributed by atoms with Crippen LogP contribution in [0.5, 0.6) is 23.0 Å². The van der Waals surface area contributed by atoms with Crippen LogP contribution < -0.4 is 76.9 Å². The molecule has 0 aliphatic carbocycles. The average Bonchev–Trinajstić information content (AvgIpc) is 0.870. The van der Waals surface area contributed by atoms with Gasteiger partial charge in [0.2, 0.25) is 0 Å². The number of hydrogen-bond acceptors (Lipinski definition) is 8. The molecule has 0 fully saturated rings. The Morgan fingerprint density at radius 1 is 0.283 bits per heavy atom. The second-order valence-corrected chi connectivity index (χ2v) is 38.2. The summed E-state index contributed by atoms with van der Waals surface area (Å²) in [4.78, 5) is 10.6. The number of hydrogen-bond donors (Lipinski definition) is 0. The molecule has 2 aromatic heterocycles. The summed E-state index contributed by atoms with van der Waals surface area (Å²) in [5.74, 6) is 3.82. The molecule has 6 aliphatic heterocycles. The first kappa shape index (κ1) is 67.0. The monoisotopic (exact) mass is 1420 g/mol. The van der Waals surface area contributed by atoms with Gasteiger partial charge in [0.25, 0.3) is 20.1 Å². The molecule has 106 heavy (non-hydrogen) atoms. The van der Waals surface area contributed by atoms with E-state index in [1.54, 1.807) is 0 Å². The van der Waals surface area contributed by atoms with E-state index in [0.717, 1.165) is 51.2 Å². The lowest BCUT2D eigenvalue weighted by molar-refractivity contribution is 0.494. The first-order valence-electron chi connectivity index (χ1n) is 38.1. The largest absolute Gasteiger partial charge is 0.457 e. The van der Waals surface area contributed by atoms with E-state index in [-0.39, 0.29) is 41.8 Å². The van der Waals surface area contributed by atoms with E-state index in [2.05, 4.69) is 335 Å². The van der Waals surface area contributed by atoms with Crippen molar-refractivity contribution in [3.8, 4) is 23.0 Å². The fraction of sp³-hybridized carbons (Fsp3) is 0.263. The van der Waals surface area contributed by atoms with Crippen LogP contribution in [0.4, 0.5) is 68.2 Å². The highest BCUT2D eigenvalue weighted by atomic mass is 32.1. The van der Waals surface area contributed by atoms with E-state index in [4.69, 9.17) is 9.47 Å². The minimum Gasteiger partial charge on any atom is -0.457 e. The van der Waals surface area contributed by atoms with E-state index in [1.165, 1.54) is 180 Å². The third-order valence-electron chi connectivity index (χ3n) is 23.9. The van der Waals surface area contributed by atoms with Gasteiger partial charge in [0.05, 0.1) is 11.4 Å². The van der Waals surface area contributed by atoms with Crippen LogP contribution in [0, 0.1) is 62.3 Å². The SMILES string of the molecule is Cc1cc(C)c(N2c3cc4c(cc3B3c5sc6ccc(C(C)(C)C)cc6c5Oc5cc(C)cc2c53)B2c3cc5c(cc3N(c3c(C)cc(C)cc3C)c3cc(C)cc(c32)N4c2ccc(C(C)(C)C)cc2)N(c2ccc(C(C)(C)C)cc2)c2cc(C)cc3c2B5c2sc4ccc(C(C)(C)C)cc4c2O3)c(C)c1. The van der Waals surface area contributed by atoms with Crippen molar-refractivity contribution in [2.45, 2.75) is 167 Å². The van der Waals surface area contributed by atoms with E-state index >= 15 is 0 Å². The van der Waals surface area contributed by atoms with Crippen molar-refractivity contribution < 1.29 is 9.47 Å². The summed E-state index contributed by atoms with van der Waals surface area (Å²) in [6.45, 7) is 47.9. The third kappa shape index (κ3) is 9.88. The zero-order chi connectivity index (χ0) is 73.9. The van der Waals surface area contributed by atoms with Crippen molar-refractivity contribution in [3.05, 3.63) is 242 Å². The number of anilines is 12. The van der Waals surface area contributed by atoms with Gasteiger partial charge in [-0.05, 0) is 280 Å². The molecular weight excluding hydrogens is 1330 g/mol. The van der Waals surface area contributed by atoms with E-state index in [0.29, 0.717) is 0 Å². The van der Waals surface area contributed by atoms with Crippen LogP contribution in [0.3, 0.4) is 0 Å². The predicted molar refractivity (Wildman–Crippen MR) is 460 cm³/mol. The highest BCUT2D eigenvalue weighted by Crippen LogP contribution is 2.54. The lowest BCUT2D eigenvalue weighted by atomic mass is 9.30. The summed E-state index contributed by atoms with van der Waals surface area (Å²) >= 11 is 3.82. The van der Waals surface area contributed by atoms with Gasteiger partial charge >= 0.3 is 0 Å². The van der Waals surface area contributed by atoms with Crippen molar-refractivity contribution in [2.24, 2.45) is 0 Å². The molecule has 0 radical (unpaired) electrons. The summed E-state index contributed by atoms with van der Waals surface area (Å²) < 4.78 is 20.1. The van der Waals surface area contributed by atoms with Crippen LogP contribution in [0.1, 0.15) is 155 Å². The molecule has 0 amide bonds.